The Kier molecular flexibility index (Phi) is 4.15. The minimum absolute atomic E-state index is 0.232. The van der Waals surface area contributed by atoms with Crippen LogP contribution < -0.4 is 11.1 Å². The number of furan rings is 1. The van der Waals surface area contributed by atoms with Crippen molar-refractivity contribution >= 4 is 28.5 Å². The molecule has 0 aliphatic heterocycles. The van der Waals surface area contributed by atoms with Crippen molar-refractivity contribution in [3.63, 3.8) is 0 Å². The van der Waals surface area contributed by atoms with Crippen LogP contribution in [0.1, 0.15) is 26.4 Å². The number of carbonyl (C=O) groups is 2. The van der Waals surface area contributed by atoms with Crippen LogP contribution in [0.5, 0.6) is 0 Å². The van der Waals surface area contributed by atoms with Crippen molar-refractivity contribution in [2.75, 3.05) is 5.32 Å². The van der Waals surface area contributed by atoms with E-state index in [9.17, 15) is 9.59 Å². The van der Waals surface area contributed by atoms with E-state index in [4.69, 9.17) is 10.2 Å². The fourth-order valence-corrected chi connectivity index (χ4v) is 3.17. The van der Waals surface area contributed by atoms with Crippen LogP contribution in [-0.2, 0) is 7.05 Å². The number of hydrogen-bond donors (Lipinski definition) is 2. The van der Waals surface area contributed by atoms with Crippen LogP contribution in [0, 0.1) is 6.92 Å². The Hall–Kier alpha value is -3.94. The Morgan fingerprint density at radius 2 is 1.93 bits per heavy atom. The molecule has 0 unspecified atom stereocenters. The molecule has 3 N–H and O–H groups in total. The molecule has 140 valence electrons. The summed E-state index contributed by atoms with van der Waals surface area (Å²) in [5, 5.41) is 7.78. The minimum Gasteiger partial charge on any atom is -0.463 e. The number of carbonyl (C=O) groups excluding carboxylic acids is 2. The second-order valence-electron chi connectivity index (χ2n) is 6.30. The van der Waals surface area contributed by atoms with Gasteiger partial charge in [-0.2, -0.15) is 5.10 Å². The molecule has 1 aromatic carbocycles. The van der Waals surface area contributed by atoms with Crippen LogP contribution in [0.4, 0.5) is 5.69 Å². The summed E-state index contributed by atoms with van der Waals surface area (Å²) in [7, 11) is 1.76. The van der Waals surface area contributed by atoms with Gasteiger partial charge < -0.3 is 15.5 Å². The molecule has 0 saturated carbocycles. The van der Waals surface area contributed by atoms with E-state index in [1.165, 1.54) is 0 Å². The second kappa shape index (κ2) is 6.66. The molecule has 2 amide bonds. The zero-order chi connectivity index (χ0) is 19.8. The van der Waals surface area contributed by atoms with Gasteiger partial charge in [0.15, 0.2) is 11.4 Å². The average molecular weight is 375 g/mol. The van der Waals surface area contributed by atoms with Gasteiger partial charge in [0, 0.05) is 7.05 Å². The van der Waals surface area contributed by atoms with Gasteiger partial charge in [-0.1, -0.05) is 12.1 Å². The van der Waals surface area contributed by atoms with Crippen LogP contribution in [0.2, 0.25) is 0 Å². The first kappa shape index (κ1) is 17.5. The third kappa shape index (κ3) is 2.90. The van der Waals surface area contributed by atoms with Crippen molar-refractivity contribution in [3.8, 4) is 11.5 Å². The van der Waals surface area contributed by atoms with Crippen molar-refractivity contribution in [1.82, 2.24) is 14.8 Å². The molecule has 8 heteroatoms. The van der Waals surface area contributed by atoms with Gasteiger partial charge in [0.05, 0.1) is 34.2 Å². The highest BCUT2D eigenvalue weighted by Gasteiger charge is 2.21. The number of anilines is 1. The third-order valence-electron chi connectivity index (χ3n) is 4.43. The zero-order valence-electron chi connectivity index (χ0n) is 15.3. The minimum atomic E-state index is -0.621. The number of nitrogens with two attached hydrogens (primary N) is 1. The summed E-state index contributed by atoms with van der Waals surface area (Å²) in [6, 6.07) is 11.7. The Bertz CT molecular complexity index is 1210. The zero-order valence-corrected chi connectivity index (χ0v) is 15.3. The molecule has 0 spiro atoms. The molecule has 0 aliphatic carbocycles. The first-order chi connectivity index (χ1) is 13.5. The van der Waals surface area contributed by atoms with E-state index < -0.39 is 11.8 Å². The number of para-hydroxylation sites is 1. The number of hydrogen-bond acceptors (Lipinski definition) is 5. The highest BCUT2D eigenvalue weighted by atomic mass is 16.3. The fourth-order valence-electron chi connectivity index (χ4n) is 3.17. The Balaban J connectivity index is 1.86. The number of rotatable bonds is 4. The lowest BCUT2D eigenvalue weighted by atomic mass is 10.1. The lowest BCUT2D eigenvalue weighted by Gasteiger charge is -2.10. The van der Waals surface area contributed by atoms with E-state index in [1.807, 2.05) is 6.92 Å². The van der Waals surface area contributed by atoms with Crippen LogP contribution in [0.25, 0.3) is 22.5 Å². The molecular formula is C20H17N5O3. The number of amides is 2. The number of nitrogens with one attached hydrogen (secondary N) is 1. The monoisotopic (exact) mass is 375 g/mol. The van der Waals surface area contributed by atoms with Gasteiger partial charge in [-0.25, -0.2) is 4.98 Å². The van der Waals surface area contributed by atoms with Crippen LogP contribution in [-0.4, -0.2) is 26.6 Å². The predicted octanol–water partition coefficient (Wildman–Crippen LogP) is 2.89. The van der Waals surface area contributed by atoms with E-state index in [0.717, 1.165) is 0 Å². The van der Waals surface area contributed by atoms with Crippen LogP contribution in [0.3, 0.4) is 0 Å². The number of aromatic nitrogens is 3. The lowest BCUT2D eigenvalue weighted by Crippen LogP contribution is -2.18. The summed E-state index contributed by atoms with van der Waals surface area (Å²) in [6.45, 7) is 1.81. The molecular weight excluding hydrogens is 358 g/mol. The van der Waals surface area contributed by atoms with Crippen LogP contribution in [0.15, 0.2) is 53.1 Å². The summed E-state index contributed by atoms with van der Waals surface area (Å²) in [4.78, 5) is 29.4. The molecule has 0 fully saturated rings. The highest BCUT2D eigenvalue weighted by Crippen LogP contribution is 2.28. The molecule has 28 heavy (non-hydrogen) atoms. The number of pyridine rings is 1. The Morgan fingerprint density at radius 1 is 1.14 bits per heavy atom. The molecule has 8 nitrogen and oxygen atoms in total. The number of aryl methyl sites for hydroxylation is 2. The lowest BCUT2D eigenvalue weighted by molar-refractivity contribution is 0.100. The Morgan fingerprint density at radius 3 is 2.64 bits per heavy atom. The summed E-state index contributed by atoms with van der Waals surface area (Å²) in [5.74, 6) is -0.484. The molecule has 3 heterocycles. The maximum atomic E-state index is 13.1. The third-order valence-corrected chi connectivity index (χ3v) is 4.43. The number of nitrogens with zero attached hydrogens (tertiary/aromatic N) is 3. The average Bonchev–Trinajstić information content (AvgIpc) is 3.30. The number of primary amides is 1. The van der Waals surface area contributed by atoms with Crippen molar-refractivity contribution in [3.05, 3.63) is 65.5 Å². The second-order valence-corrected chi connectivity index (χ2v) is 6.30. The quantitative estimate of drug-likeness (QED) is 0.569. The molecule has 0 radical (unpaired) electrons. The first-order valence-electron chi connectivity index (χ1n) is 8.54. The SMILES string of the molecule is Cc1nn(C)c2nc(-c3ccco3)cc(C(=O)Nc3ccccc3C(N)=O)c12. The van der Waals surface area contributed by atoms with Gasteiger partial charge in [0.2, 0.25) is 0 Å². The molecule has 0 aliphatic rings. The summed E-state index contributed by atoms with van der Waals surface area (Å²) < 4.78 is 7.05. The van der Waals surface area contributed by atoms with Gasteiger partial charge in [0.1, 0.15) is 5.69 Å². The molecule has 0 bridgehead atoms. The van der Waals surface area contributed by atoms with Gasteiger partial charge in [-0.05, 0) is 37.3 Å². The van der Waals surface area contributed by atoms with Gasteiger partial charge >= 0.3 is 0 Å². The largest absolute Gasteiger partial charge is 0.463 e. The topological polar surface area (TPSA) is 116 Å². The Labute approximate surface area is 160 Å². The van der Waals surface area contributed by atoms with E-state index in [1.54, 1.807) is 60.5 Å². The van der Waals surface area contributed by atoms with Crippen molar-refractivity contribution < 1.29 is 14.0 Å². The normalized spacial score (nSPS) is 10.9. The van der Waals surface area contributed by atoms with Crippen molar-refractivity contribution in [2.24, 2.45) is 12.8 Å². The van der Waals surface area contributed by atoms with Gasteiger partial charge in [-0.3, -0.25) is 14.3 Å². The standard InChI is InChI=1S/C20H17N5O3/c1-11-17-13(20(27)23-14-7-4-3-6-12(14)18(21)26)10-15(16-8-5-9-28-16)22-19(17)25(2)24-11/h3-10H,1-2H3,(H2,21,26)(H,23,27). The summed E-state index contributed by atoms with van der Waals surface area (Å²) in [5.41, 5.74) is 8.09. The molecule has 0 atom stereocenters. The van der Waals surface area contributed by atoms with E-state index in [-0.39, 0.29) is 5.56 Å². The van der Waals surface area contributed by atoms with Crippen LogP contribution >= 0.6 is 0 Å². The fraction of sp³-hybridized carbons (Fsp3) is 0.100. The molecule has 4 aromatic rings. The van der Waals surface area contributed by atoms with Gasteiger partial charge in [0.25, 0.3) is 11.8 Å². The van der Waals surface area contributed by atoms with E-state index in [2.05, 4.69) is 15.4 Å². The van der Waals surface area contributed by atoms with Gasteiger partial charge in [-0.15, -0.1) is 0 Å². The van der Waals surface area contributed by atoms with E-state index >= 15 is 0 Å². The summed E-state index contributed by atoms with van der Waals surface area (Å²) in [6.07, 6.45) is 1.54. The summed E-state index contributed by atoms with van der Waals surface area (Å²) >= 11 is 0. The maximum absolute atomic E-state index is 13.1. The number of fused-ring (bicyclic) bond motifs is 1. The first-order valence-corrected chi connectivity index (χ1v) is 8.54. The highest BCUT2D eigenvalue weighted by molar-refractivity contribution is 6.15. The van der Waals surface area contributed by atoms with Crippen molar-refractivity contribution in [1.29, 1.82) is 0 Å². The van der Waals surface area contributed by atoms with Crippen molar-refractivity contribution in [2.45, 2.75) is 6.92 Å². The predicted molar refractivity (Wildman–Crippen MR) is 104 cm³/mol. The smallest absolute Gasteiger partial charge is 0.256 e. The number of benzene rings is 1. The molecule has 4 rings (SSSR count). The molecule has 0 saturated heterocycles. The maximum Gasteiger partial charge on any atom is 0.256 e. The van der Waals surface area contributed by atoms with E-state index in [0.29, 0.717) is 39.4 Å². The molecule has 3 aromatic heterocycles.